The molecule has 0 radical (unpaired) electrons. The quantitative estimate of drug-likeness (QED) is 0.439. The highest BCUT2D eigenvalue weighted by molar-refractivity contribution is 7.80. The molecule has 0 atom stereocenters. The van der Waals surface area contributed by atoms with Crippen molar-refractivity contribution in [3.8, 4) is 17.2 Å². The Kier molecular flexibility index (Phi) is 5.97. The van der Waals surface area contributed by atoms with Gasteiger partial charge in [0.2, 0.25) is 0 Å². The van der Waals surface area contributed by atoms with Crippen LogP contribution in [-0.2, 0) is 0 Å². The smallest absolute Gasteiger partial charge is 0.191 e. The lowest BCUT2D eigenvalue weighted by Crippen LogP contribution is -2.25. The molecule has 0 unspecified atom stereocenters. The standard InChI is InChI=1S/C17H19N3O3S/c1-11(13-9-8-12(22-2)10-15(13)21)19-20-17(24)18-14-6-4-5-7-16(14)23-3/h4-10,21H,1-3H3,(H2,18,20,24)/b19-11+. The number of phenolic OH excluding ortho intramolecular Hbond substituents is 1. The van der Waals surface area contributed by atoms with Crippen molar-refractivity contribution in [1.82, 2.24) is 5.43 Å². The van der Waals surface area contributed by atoms with E-state index in [-0.39, 0.29) is 5.75 Å². The maximum atomic E-state index is 10.0. The number of methoxy groups -OCH3 is 2. The molecule has 0 aromatic heterocycles. The Morgan fingerprint density at radius 3 is 2.54 bits per heavy atom. The Balaban J connectivity index is 2.05. The van der Waals surface area contributed by atoms with E-state index in [0.717, 1.165) is 5.69 Å². The molecular formula is C17H19N3O3S. The summed E-state index contributed by atoms with van der Waals surface area (Å²) in [7, 11) is 3.13. The first-order valence-electron chi connectivity index (χ1n) is 7.17. The molecule has 2 aromatic rings. The Morgan fingerprint density at radius 2 is 1.88 bits per heavy atom. The van der Waals surface area contributed by atoms with Crippen LogP contribution in [0.25, 0.3) is 0 Å². The van der Waals surface area contributed by atoms with Gasteiger partial charge in [0.1, 0.15) is 17.2 Å². The van der Waals surface area contributed by atoms with Gasteiger partial charge >= 0.3 is 0 Å². The van der Waals surface area contributed by atoms with E-state index in [1.807, 2.05) is 24.3 Å². The second-order valence-corrected chi connectivity index (χ2v) is 5.25. The first kappa shape index (κ1) is 17.6. The van der Waals surface area contributed by atoms with E-state index < -0.39 is 0 Å². The van der Waals surface area contributed by atoms with Gasteiger partial charge in [-0.05, 0) is 43.4 Å². The van der Waals surface area contributed by atoms with E-state index in [1.54, 1.807) is 33.3 Å². The summed E-state index contributed by atoms with van der Waals surface area (Å²) in [4.78, 5) is 0. The molecular weight excluding hydrogens is 326 g/mol. The molecule has 7 heteroatoms. The van der Waals surface area contributed by atoms with Crippen molar-refractivity contribution >= 4 is 28.7 Å². The molecule has 6 nitrogen and oxygen atoms in total. The van der Waals surface area contributed by atoms with E-state index in [0.29, 0.717) is 27.9 Å². The van der Waals surface area contributed by atoms with Crippen molar-refractivity contribution in [3.63, 3.8) is 0 Å². The molecule has 3 N–H and O–H groups in total. The van der Waals surface area contributed by atoms with Gasteiger partial charge < -0.3 is 19.9 Å². The number of hydrogen-bond acceptors (Lipinski definition) is 5. The molecule has 0 saturated carbocycles. The maximum Gasteiger partial charge on any atom is 0.191 e. The molecule has 0 bridgehead atoms. The van der Waals surface area contributed by atoms with Crippen LogP contribution in [0.1, 0.15) is 12.5 Å². The van der Waals surface area contributed by atoms with Crippen LogP contribution in [-0.4, -0.2) is 30.2 Å². The lowest BCUT2D eigenvalue weighted by molar-refractivity contribution is 0.407. The van der Waals surface area contributed by atoms with E-state index in [2.05, 4.69) is 15.8 Å². The number of nitrogens with one attached hydrogen (secondary N) is 2. The van der Waals surface area contributed by atoms with Gasteiger partial charge in [-0.2, -0.15) is 5.10 Å². The molecule has 0 heterocycles. The van der Waals surface area contributed by atoms with Crippen molar-refractivity contribution < 1.29 is 14.6 Å². The van der Waals surface area contributed by atoms with Crippen molar-refractivity contribution in [2.45, 2.75) is 6.92 Å². The average molecular weight is 345 g/mol. The number of ether oxygens (including phenoxy) is 2. The van der Waals surface area contributed by atoms with Crippen LogP contribution in [0, 0.1) is 0 Å². The lowest BCUT2D eigenvalue weighted by Gasteiger charge is -2.12. The zero-order valence-electron chi connectivity index (χ0n) is 13.7. The molecule has 0 fully saturated rings. The topological polar surface area (TPSA) is 75.1 Å². The Labute approximate surface area is 146 Å². The predicted molar refractivity (Wildman–Crippen MR) is 99.2 cm³/mol. The largest absolute Gasteiger partial charge is 0.507 e. The number of hydrazone groups is 1. The molecule has 0 spiro atoms. The zero-order valence-corrected chi connectivity index (χ0v) is 14.5. The molecule has 126 valence electrons. The summed E-state index contributed by atoms with van der Waals surface area (Å²) in [6, 6.07) is 12.4. The highest BCUT2D eigenvalue weighted by Gasteiger charge is 2.07. The van der Waals surface area contributed by atoms with Gasteiger partial charge in [0.15, 0.2) is 5.11 Å². The van der Waals surface area contributed by atoms with Crippen molar-refractivity contribution in [1.29, 1.82) is 0 Å². The third kappa shape index (κ3) is 4.36. The molecule has 0 aliphatic rings. The fourth-order valence-electron chi connectivity index (χ4n) is 2.04. The highest BCUT2D eigenvalue weighted by atomic mass is 32.1. The van der Waals surface area contributed by atoms with Crippen molar-refractivity contribution in [2.24, 2.45) is 5.10 Å². The van der Waals surface area contributed by atoms with Gasteiger partial charge in [0, 0.05) is 11.6 Å². The second-order valence-electron chi connectivity index (χ2n) is 4.85. The fraction of sp³-hybridized carbons (Fsp3) is 0.176. The fourth-order valence-corrected chi connectivity index (χ4v) is 2.19. The van der Waals surface area contributed by atoms with Gasteiger partial charge in [0.25, 0.3) is 0 Å². The predicted octanol–water partition coefficient (Wildman–Crippen LogP) is 3.12. The Morgan fingerprint density at radius 1 is 1.12 bits per heavy atom. The van der Waals surface area contributed by atoms with Crippen LogP contribution in [0.4, 0.5) is 5.69 Å². The number of phenols is 1. The third-order valence-corrected chi connectivity index (χ3v) is 3.47. The van der Waals surface area contributed by atoms with Crippen molar-refractivity contribution in [3.05, 3.63) is 48.0 Å². The van der Waals surface area contributed by atoms with Crippen LogP contribution >= 0.6 is 12.2 Å². The third-order valence-electron chi connectivity index (χ3n) is 3.28. The van der Waals surface area contributed by atoms with Gasteiger partial charge in [0.05, 0.1) is 25.6 Å². The minimum Gasteiger partial charge on any atom is -0.507 e. The van der Waals surface area contributed by atoms with E-state index in [1.165, 1.54) is 6.07 Å². The van der Waals surface area contributed by atoms with Gasteiger partial charge in [-0.3, -0.25) is 5.43 Å². The number of benzene rings is 2. The van der Waals surface area contributed by atoms with E-state index in [9.17, 15) is 5.11 Å². The number of anilines is 1. The highest BCUT2D eigenvalue weighted by Crippen LogP contribution is 2.24. The number of hydrogen-bond donors (Lipinski definition) is 3. The summed E-state index contributed by atoms with van der Waals surface area (Å²) in [6.45, 7) is 1.76. The lowest BCUT2D eigenvalue weighted by atomic mass is 10.1. The Bertz CT molecular complexity index is 762. The maximum absolute atomic E-state index is 10.0. The summed E-state index contributed by atoms with van der Waals surface area (Å²) in [5.41, 5.74) is 4.65. The average Bonchev–Trinajstić information content (AvgIpc) is 2.60. The first-order chi connectivity index (χ1) is 11.5. The van der Waals surface area contributed by atoms with Crippen LogP contribution in [0.15, 0.2) is 47.6 Å². The first-order valence-corrected chi connectivity index (χ1v) is 7.57. The summed E-state index contributed by atoms with van der Waals surface area (Å²) in [5, 5.41) is 17.5. The van der Waals surface area contributed by atoms with Crippen LogP contribution in [0.3, 0.4) is 0 Å². The molecule has 24 heavy (non-hydrogen) atoms. The number of nitrogens with zero attached hydrogens (tertiary/aromatic N) is 1. The SMILES string of the molecule is COc1ccc(/C(C)=N/NC(=S)Nc2ccccc2OC)c(O)c1. The normalized spacial score (nSPS) is 10.9. The van der Waals surface area contributed by atoms with Crippen molar-refractivity contribution in [2.75, 3.05) is 19.5 Å². The molecule has 0 amide bonds. The molecule has 2 aromatic carbocycles. The number of rotatable bonds is 5. The number of para-hydroxylation sites is 2. The molecule has 0 saturated heterocycles. The van der Waals surface area contributed by atoms with Gasteiger partial charge in [-0.25, -0.2) is 0 Å². The van der Waals surface area contributed by atoms with Crippen LogP contribution < -0.4 is 20.2 Å². The Hall–Kier alpha value is -2.80. The number of thiocarbonyl (C=S) groups is 1. The minimum absolute atomic E-state index is 0.0843. The van der Waals surface area contributed by atoms with Crippen LogP contribution in [0.2, 0.25) is 0 Å². The van der Waals surface area contributed by atoms with E-state index in [4.69, 9.17) is 21.7 Å². The summed E-state index contributed by atoms with van der Waals surface area (Å²) < 4.78 is 10.3. The summed E-state index contributed by atoms with van der Waals surface area (Å²) in [5.74, 6) is 1.33. The molecule has 0 aliphatic carbocycles. The van der Waals surface area contributed by atoms with Gasteiger partial charge in [-0.1, -0.05) is 12.1 Å². The summed E-state index contributed by atoms with van der Waals surface area (Å²) >= 11 is 5.22. The molecule has 0 aliphatic heterocycles. The zero-order chi connectivity index (χ0) is 17.5. The summed E-state index contributed by atoms with van der Waals surface area (Å²) in [6.07, 6.45) is 0. The van der Waals surface area contributed by atoms with Gasteiger partial charge in [-0.15, -0.1) is 0 Å². The molecule has 2 rings (SSSR count). The minimum atomic E-state index is 0.0843. The second kappa shape index (κ2) is 8.16. The van der Waals surface area contributed by atoms with Crippen LogP contribution in [0.5, 0.6) is 17.2 Å². The van der Waals surface area contributed by atoms with E-state index >= 15 is 0 Å². The number of aromatic hydroxyl groups is 1. The monoisotopic (exact) mass is 345 g/mol.